The van der Waals surface area contributed by atoms with Crippen LogP contribution in [0.5, 0.6) is 0 Å². The second kappa shape index (κ2) is 11.2. The van der Waals surface area contributed by atoms with Crippen molar-refractivity contribution in [1.82, 2.24) is 20.2 Å². The molecule has 2 amide bonds. The van der Waals surface area contributed by atoms with E-state index in [-0.39, 0.29) is 51.8 Å². The summed E-state index contributed by atoms with van der Waals surface area (Å²) in [5.41, 5.74) is 5.05. The van der Waals surface area contributed by atoms with Crippen LogP contribution in [0.2, 0.25) is 0 Å². The minimum absolute atomic E-state index is 0. The van der Waals surface area contributed by atoms with Gasteiger partial charge >= 0.3 is 29.6 Å². The van der Waals surface area contributed by atoms with E-state index in [9.17, 15) is 24.7 Å². The Morgan fingerprint density at radius 2 is 2.21 bits per heavy atom. The first-order valence-corrected chi connectivity index (χ1v) is 12.8. The van der Waals surface area contributed by atoms with Crippen LogP contribution in [0.3, 0.4) is 0 Å². The molecule has 11 nitrogen and oxygen atoms in total. The first kappa shape index (κ1) is 26.0. The van der Waals surface area contributed by atoms with Crippen LogP contribution >= 0.6 is 46.2 Å². The first-order valence-electron chi connectivity index (χ1n) is 9.05. The molecule has 0 aliphatic carbocycles. The van der Waals surface area contributed by atoms with Crippen molar-refractivity contribution in [2.45, 2.75) is 17.8 Å². The second-order valence-corrected chi connectivity index (χ2v) is 10.6. The monoisotopic (exact) mass is 534 g/mol. The number of β-lactam (4-membered cyclic amide) rings is 1. The first-order chi connectivity index (χ1) is 15.4. The van der Waals surface area contributed by atoms with Gasteiger partial charge in [0.2, 0.25) is 0 Å². The van der Waals surface area contributed by atoms with Crippen LogP contribution in [0.1, 0.15) is 10.7 Å². The molecule has 0 spiro atoms. The molecule has 2 aliphatic heterocycles. The molecule has 0 bridgehead atoms. The number of hydrogen-bond donors (Lipinski definition) is 3. The number of carboxylic acid groups (broad SMARTS) is 1. The van der Waals surface area contributed by atoms with Crippen molar-refractivity contribution < 1.29 is 54.3 Å². The van der Waals surface area contributed by atoms with E-state index in [4.69, 9.17) is 5.73 Å². The molecule has 0 saturated carbocycles. The summed E-state index contributed by atoms with van der Waals surface area (Å²) < 4.78 is 0. The molecule has 1 saturated heterocycles. The summed E-state index contributed by atoms with van der Waals surface area (Å²) in [5.74, 6) is -1.88. The molecule has 2 atom stereocenters. The number of thioether (sulfide) groups is 2. The summed E-state index contributed by atoms with van der Waals surface area (Å²) in [7, 11) is 0. The molecule has 4 N–H and O–H groups in total. The van der Waals surface area contributed by atoms with Crippen LogP contribution in [0.15, 0.2) is 32.7 Å². The van der Waals surface area contributed by atoms with Crippen molar-refractivity contribution in [2.24, 2.45) is 5.16 Å². The van der Waals surface area contributed by atoms with Crippen molar-refractivity contribution in [3.63, 3.8) is 0 Å². The molecule has 1 fully saturated rings. The number of carboxylic acids is 1. The van der Waals surface area contributed by atoms with Gasteiger partial charge in [-0.15, -0.1) is 46.2 Å². The van der Waals surface area contributed by atoms with Gasteiger partial charge in [-0.05, 0) is 0 Å². The Balaban J connectivity index is 0.00000306. The number of carbonyl (C=O) groups is 3. The zero-order valence-corrected chi connectivity index (χ0v) is 22.4. The van der Waals surface area contributed by atoms with Gasteiger partial charge in [-0.1, -0.05) is 5.16 Å². The summed E-state index contributed by atoms with van der Waals surface area (Å²) in [4.78, 5) is 46.8. The SMILES string of the molecule is Nc1nc(/C(=N/O)C(=O)N[C@@H]2C(=O)N3C(C(=O)[O-])=C(SCCc4nccs4)CS[C@H]23)cs1.[Na+]. The zero-order chi connectivity index (χ0) is 22.8. The molecule has 168 valence electrons. The predicted molar refractivity (Wildman–Crippen MR) is 120 cm³/mol. The fourth-order valence-electron chi connectivity index (χ4n) is 3.15. The van der Waals surface area contributed by atoms with Gasteiger partial charge in [0.05, 0.1) is 16.7 Å². The van der Waals surface area contributed by atoms with Crippen molar-refractivity contribution in [3.05, 3.63) is 38.3 Å². The second-order valence-electron chi connectivity index (χ2n) is 6.46. The van der Waals surface area contributed by atoms with E-state index in [2.05, 4.69) is 20.4 Å². The van der Waals surface area contributed by atoms with Crippen LogP contribution in [-0.4, -0.2) is 66.5 Å². The normalized spacial score (nSPS) is 20.1. The van der Waals surface area contributed by atoms with Crippen LogP contribution in [0.4, 0.5) is 5.13 Å². The fourth-order valence-corrected chi connectivity index (χ4v) is 7.04. The Labute approximate surface area is 226 Å². The number of nitrogen functional groups attached to an aromatic ring is 1. The molecule has 0 unspecified atom stereocenters. The average Bonchev–Trinajstić information content (AvgIpc) is 3.44. The van der Waals surface area contributed by atoms with E-state index < -0.39 is 29.2 Å². The molecule has 4 rings (SSSR count). The Kier molecular flexibility index (Phi) is 8.82. The maximum absolute atomic E-state index is 12.7. The van der Waals surface area contributed by atoms with Gasteiger partial charge in [-0.25, -0.2) is 9.97 Å². The number of nitrogens with zero attached hydrogens (tertiary/aromatic N) is 4. The Morgan fingerprint density at radius 3 is 2.82 bits per heavy atom. The van der Waals surface area contributed by atoms with Gasteiger partial charge in [0.25, 0.3) is 11.8 Å². The van der Waals surface area contributed by atoms with E-state index in [0.717, 1.165) is 21.2 Å². The van der Waals surface area contributed by atoms with Gasteiger partial charge in [0.1, 0.15) is 17.1 Å². The maximum atomic E-state index is 12.7. The molecule has 4 heterocycles. The number of rotatable bonds is 8. The number of nitrogens with two attached hydrogens (primary N) is 1. The van der Waals surface area contributed by atoms with E-state index in [1.807, 2.05) is 5.38 Å². The molecule has 2 aliphatic rings. The average molecular weight is 535 g/mol. The van der Waals surface area contributed by atoms with Crippen molar-refractivity contribution in [2.75, 3.05) is 17.2 Å². The smallest absolute Gasteiger partial charge is 0.543 e. The van der Waals surface area contributed by atoms with Crippen molar-refractivity contribution in [3.8, 4) is 0 Å². The summed E-state index contributed by atoms with van der Waals surface area (Å²) in [6.07, 6.45) is 2.39. The largest absolute Gasteiger partial charge is 1.00 e. The standard InChI is InChI=1S/C17H16N6O5S4.Na/c18-17-20-7(5-32-17)10(22-28)13(24)21-11-14(25)23-12(16(26)27)8(6-31-15(11)23)29-3-1-9-19-2-4-30-9;/h2,4-5,11,15,28H,1,3,6H2,(H2,18,20)(H,21,24)(H,26,27);/q;+1/p-1/b22-10-;/t11-,15-;/m1./s1. The molecule has 0 radical (unpaired) electrons. The topological polar surface area (TPSA) is 174 Å². The number of aliphatic carboxylic acids is 1. The van der Waals surface area contributed by atoms with E-state index in [1.54, 1.807) is 6.20 Å². The van der Waals surface area contributed by atoms with Crippen LogP contribution in [0.25, 0.3) is 0 Å². The third-order valence-electron chi connectivity index (χ3n) is 4.57. The number of aromatic nitrogens is 2. The number of thiazole rings is 2. The molecule has 16 heteroatoms. The van der Waals surface area contributed by atoms with Crippen LogP contribution < -0.4 is 45.7 Å². The molecule has 2 aromatic rings. The predicted octanol–water partition coefficient (Wildman–Crippen LogP) is -3.30. The van der Waals surface area contributed by atoms with E-state index in [0.29, 0.717) is 22.8 Å². The Morgan fingerprint density at radius 1 is 1.42 bits per heavy atom. The number of fused-ring (bicyclic) bond motifs is 1. The summed E-state index contributed by atoms with van der Waals surface area (Å²) in [6.45, 7) is 0. The van der Waals surface area contributed by atoms with E-state index in [1.165, 1.54) is 40.2 Å². The van der Waals surface area contributed by atoms with Gasteiger partial charge in [0, 0.05) is 39.8 Å². The number of oxime groups is 1. The number of anilines is 1. The minimum atomic E-state index is -1.44. The summed E-state index contributed by atoms with van der Waals surface area (Å²) >= 11 is 5.27. The van der Waals surface area contributed by atoms with Gasteiger partial charge in [-0.3, -0.25) is 14.5 Å². The number of amides is 2. The van der Waals surface area contributed by atoms with Crippen LogP contribution in [0, 0.1) is 0 Å². The number of aryl methyl sites for hydroxylation is 1. The Hall–Kier alpha value is -1.62. The fraction of sp³-hybridized carbons (Fsp3) is 0.294. The van der Waals surface area contributed by atoms with Gasteiger partial charge in [-0.2, -0.15) is 0 Å². The van der Waals surface area contributed by atoms with Crippen molar-refractivity contribution in [1.29, 1.82) is 0 Å². The molecule has 0 aromatic carbocycles. The molecule has 2 aromatic heterocycles. The minimum Gasteiger partial charge on any atom is -0.543 e. The molecular weight excluding hydrogens is 519 g/mol. The maximum Gasteiger partial charge on any atom is 1.00 e. The molecular formula is C17H15N6NaO5S4. The van der Waals surface area contributed by atoms with Crippen molar-refractivity contribution >= 4 is 74.8 Å². The number of carbonyl (C=O) groups excluding carboxylic acids is 3. The third kappa shape index (κ3) is 5.39. The van der Waals surface area contributed by atoms with Crippen LogP contribution in [-0.2, 0) is 20.8 Å². The van der Waals surface area contributed by atoms with Gasteiger partial charge in [0.15, 0.2) is 10.8 Å². The zero-order valence-electron chi connectivity index (χ0n) is 17.1. The van der Waals surface area contributed by atoms with E-state index >= 15 is 0 Å². The molecule has 33 heavy (non-hydrogen) atoms. The third-order valence-corrected chi connectivity index (χ3v) is 8.64. The summed E-state index contributed by atoms with van der Waals surface area (Å²) in [5, 5.41) is 30.3. The van der Waals surface area contributed by atoms with Gasteiger partial charge < -0.3 is 26.2 Å². The summed E-state index contributed by atoms with van der Waals surface area (Å²) in [6, 6.07) is -0.976. The number of nitrogens with one attached hydrogen (secondary N) is 1. The Bertz CT molecular complexity index is 1120. The number of hydrogen-bond acceptors (Lipinski definition) is 13. The quantitative estimate of drug-likeness (QED) is 0.102.